The molecule has 3 atom stereocenters. The Kier molecular flexibility index (Phi) is 3.02. The zero-order chi connectivity index (χ0) is 10.8. The zero-order valence-corrected chi connectivity index (χ0v) is 8.53. The van der Waals surface area contributed by atoms with Crippen molar-refractivity contribution in [3.63, 3.8) is 0 Å². The summed E-state index contributed by atoms with van der Waals surface area (Å²) in [5.74, 6) is -0.499. The molecule has 0 spiro atoms. The van der Waals surface area contributed by atoms with Crippen molar-refractivity contribution in [2.45, 2.75) is 50.3 Å². The highest BCUT2D eigenvalue weighted by atomic mass is 16.3. The van der Waals surface area contributed by atoms with Crippen LogP contribution in [0.5, 0.6) is 0 Å². The van der Waals surface area contributed by atoms with Crippen molar-refractivity contribution in [3.8, 4) is 0 Å². The molecule has 0 aromatic heterocycles. The molecule has 2 fully saturated rings. The summed E-state index contributed by atoms with van der Waals surface area (Å²) in [7, 11) is 0. The van der Waals surface area contributed by atoms with E-state index in [2.05, 4.69) is 10.6 Å². The predicted molar refractivity (Wildman–Crippen MR) is 53.0 cm³/mol. The highest BCUT2D eigenvalue weighted by molar-refractivity contribution is 6.05. The van der Waals surface area contributed by atoms with Crippen LogP contribution < -0.4 is 10.6 Å². The maximum absolute atomic E-state index is 11.3. The van der Waals surface area contributed by atoms with Gasteiger partial charge in [-0.05, 0) is 12.8 Å². The number of nitrogens with one attached hydrogen (secondary N) is 2. The minimum atomic E-state index is -0.449. The van der Waals surface area contributed by atoms with Crippen molar-refractivity contribution < 1.29 is 14.7 Å². The summed E-state index contributed by atoms with van der Waals surface area (Å²) in [6, 6.07) is -0.490. The molecule has 1 aliphatic carbocycles. The number of rotatable bonds is 2. The summed E-state index contributed by atoms with van der Waals surface area (Å²) in [4.78, 5) is 22.2. The molecule has 1 heterocycles. The first-order chi connectivity index (χ1) is 7.16. The van der Waals surface area contributed by atoms with Crippen LogP contribution in [0, 0.1) is 0 Å². The molecular formula is C10H16N2O3. The van der Waals surface area contributed by atoms with Crippen LogP contribution in [0.15, 0.2) is 0 Å². The van der Waals surface area contributed by atoms with Gasteiger partial charge in [-0.25, -0.2) is 0 Å². The van der Waals surface area contributed by atoms with Crippen molar-refractivity contribution in [3.05, 3.63) is 0 Å². The second-order valence-corrected chi connectivity index (χ2v) is 4.29. The van der Waals surface area contributed by atoms with Crippen LogP contribution in [0.25, 0.3) is 0 Å². The standard InChI is InChI=1S/C10H16N2O3/c13-8-4-2-1-3-6(8)11-7-5-9(14)12-10(7)15/h6-8,11,13H,1-5H2,(H,12,14,15). The molecule has 1 saturated carbocycles. The summed E-state index contributed by atoms with van der Waals surface area (Å²) < 4.78 is 0. The fourth-order valence-electron chi connectivity index (χ4n) is 2.25. The van der Waals surface area contributed by atoms with Gasteiger partial charge in [-0.1, -0.05) is 12.8 Å². The third-order valence-electron chi connectivity index (χ3n) is 3.11. The van der Waals surface area contributed by atoms with Gasteiger partial charge in [-0.3, -0.25) is 14.9 Å². The molecule has 2 aliphatic rings. The molecule has 3 unspecified atom stereocenters. The maximum Gasteiger partial charge on any atom is 0.244 e. The van der Waals surface area contributed by atoms with Crippen LogP contribution in [0.3, 0.4) is 0 Å². The SMILES string of the molecule is O=C1CC(NC2CCCCC2O)C(=O)N1. The summed E-state index contributed by atoms with van der Waals surface area (Å²) in [5, 5.41) is 15.0. The Hall–Kier alpha value is -0.940. The topological polar surface area (TPSA) is 78.4 Å². The van der Waals surface area contributed by atoms with Gasteiger partial charge in [0, 0.05) is 6.04 Å². The Morgan fingerprint density at radius 1 is 1.27 bits per heavy atom. The molecule has 15 heavy (non-hydrogen) atoms. The van der Waals surface area contributed by atoms with E-state index >= 15 is 0 Å². The summed E-state index contributed by atoms with van der Waals surface area (Å²) >= 11 is 0. The lowest BCUT2D eigenvalue weighted by Crippen LogP contribution is -2.49. The minimum Gasteiger partial charge on any atom is -0.392 e. The minimum absolute atomic E-state index is 0.0413. The van der Waals surface area contributed by atoms with E-state index in [1.165, 1.54) is 0 Å². The number of carbonyl (C=O) groups is 2. The molecular weight excluding hydrogens is 196 g/mol. The number of amides is 2. The Balaban J connectivity index is 1.90. The maximum atomic E-state index is 11.3. The number of hydrogen-bond donors (Lipinski definition) is 3. The van der Waals surface area contributed by atoms with Crippen molar-refractivity contribution in [2.24, 2.45) is 0 Å². The Morgan fingerprint density at radius 3 is 2.60 bits per heavy atom. The van der Waals surface area contributed by atoms with Crippen molar-refractivity contribution >= 4 is 11.8 Å². The number of hydrogen-bond acceptors (Lipinski definition) is 4. The molecule has 0 radical (unpaired) electrons. The first-order valence-electron chi connectivity index (χ1n) is 5.44. The fraction of sp³-hybridized carbons (Fsp3) is 0.800. The van der Waals surface area contributed by atoms with Gasteiger partial charge in [0.2, 0.25) is 11.8 Å². The Morgan fingerprint density at radius 2 is 2.00 bits per heavy atom. The number of aliphatic hydroxyl groups excluding tert-OH is 1. The Labute approximate surface area is 88.2 Å². The normalized spacial score (nSPS) is 36.7. The lowest BCUT2D eigenvalue weighted by molar-refractivity contribution is -0.125. The first-order valence-corrected chi connectivity index (χ1v) is 5.44. The highest BCUT2D eigenvalue weighted by Gasteiger charge is 2.34. The van der Waals surface area contributed by atoms with Gasteiger partial charge in [0.1, 0.15) is 0 Å². The zero-order valence-electron chi connectivity index (χ0n) is 8.53. The average molecular weight is 212 g/mol. The molecule has 1 aliphatic heterocycles. The van der Waals surface area contributed by atoms with E-state index in [1.54, 1.807) is 0 Å². The van der Waals surface area contributed by atoms with Crippen molar-refractivity contribution in [2.75, 3.05) is 0 Å². The smallest absolute Gasteiger partial charge is 0.244 e. The van der Waals surface area contributed by atoms with E-state index < -0.39 is 6.04 Å². The predicted octanol–water partition coefficient (Wildman–Crippen LogP) is -0.705. The van der Waals surface area contributed by atoms with E-state index in [4.69, 9.17) is 0 Å². The van der Waals surface area contributed by atoms with Gasteiger partial charge >= 0.3 is 0 Å². The van der Waals surface area contributed by atoms with E-state index in [1.807, 2.05) is 0 Å². The van der Waals surface area contributed by atoms with E-state index in [0.29, 0.717) is 0 Å². The number of aliphatic hydroxyl groups is 1. The molecule has 5 heteroatoms. The van der Waals surface area contributed by atoms with Crippen LogP contribution in [-0.2, 0) is 9.59 Å². The summed E-state index contributed by atoms with van der Waals surface area (Å²) in [6.45, 7) is 0. The van der Waals surface area contributed by atoms with Gasteiger partial charge in [0.25, 0.3) is 0 Å². The second-order valence-electron chi connectivity index (χ2n) is 4.29. The molecule has 1 saturated heterocycles. The molecule has 0 aromatic carbocycles. The molecule has 0 aromatic rings. The third kappa shape index (κ3) is 2.35. The van der Waals surface area contributed by atoms with Gasteiger partial charge < -0.3 is 10.4 Å². The second kappa shape index (κ2) is 4.28. The molecule has 2 amide bonds. The van der Waals surface area contributed by atoms with Crippen LogP contribution in [0.1, 0.15) is 32.1 Å². The molecule has 5 nitrogen and oxygen atoms in total. The van der Waals surface area contributed by atoms with Crippen molar-refractivity contribution in [1.82, 2.24) is 10.6 Å². The number of imide groups is 1. The Bertz CT molecular complexity index is 280. The quantitative estimate of drug-likeness (QED) is 0.529. The third-order valence-corrected chi connectivity index (χ3v) is 3.11. The van der Waals surface area contributed by atoms with Crippen LogP contribution in [-0.4, -0.2) is 35.1 Å². The van der Waals surface area contributed by atoms with Crippen LogP contribution in [0.4, 0.5) is 0 Å². The van der Waals surface area contributed by atoms with Gasteiger partial charge in [-0.2, -0.15) is 0 Å². The fourth-order valence-corrected chi connectivity index (χ4v) is 2.25. The van der Waals surface area contributed by atoms with Gasteiger partial charge in [0.05, 0.1) is 18.6 Å². The lowest BCUT2D eigenvalue weighted by atomic mass is 9.92. The monoisotopic (exact) mass is 212 g/mol. The molecule has 0 bridgehead atoms. The largest absolute Gasteiger partial charge is 0.392 e. The van der Waals surface area contributed by atoms with Gasteiger partial charge in [0.15, 0.2) is 0 Å². The first kappa shape index (κ1) is 10.6. The summed E-state index contributed by atoms with van der Waals surface area (Å²) in [5.41, 5.74) is 0. The number of carbonyl (C=O) groups excluding carboxylic acids is 2. The van der Waals surface area contributed by atoms with E-state index in [9.17, 15) is 14.7 Å². The molecule has 2 rings (SSSR count). The lowest BCUT2D eigenvalue weighted by Gasteiger charge is -2.30. The molecule has 3 N–H and O–H groups in total. The van der Waals surface area contributed by atoms with E-state index in [0.717, 1.165) is 25.7 Å². The van der Waals surface area contributed by atoms with Crippen LogP contribution in [0.2, 0.25) is 0 Å². The summed E-state index contributed by atoms with van der Waals surface area (Å²) in [6.07, 6.45) is 3.56. The van der Waals surface area contributed by atoms with Crippen molar-refractivity contribution in [1.29, 1.82) is 0 Å². The van der Waals surface area contributed by atoms with Gasteiger partial charge in [-0.15, -0.1) is 0 Å². The average Bonchev–Trinajstić information content (AvgIpc) is 2.49. The molecule has 84 valence electrons. The highest BCUT2D eigenvalue weighted by Crippen LogP contribution is 2.19. The van der Waals surface area contributed by atoms with E-state index in [-0.39, 0.29) is 30.4 Å². The van der Waals surface area contributed by atoms with Crippen LogP contribution >= 0.6 is 0 Å².